The van der Waals surface area contributed by atoms with E-state index >= 15 is 0 Å². The number of aromatic nitrogens is 1. The molecule has 0 saturated heterocycles. The van der Waals surface area contributed by atoms with Crippen LogP contribution in [0.1, 0.15) is 64.1 Å². The van der Waals surface area contributed by atoms with Gasteiger partial charge in [-0.25, -0.2) is 4.98 Å². The van der Waals surface area contributed by atoms with Crippen LogP contribution < -0.4 is 4.74 Å². The van der Waals surface area contributed by atoms with Gasteiger partial charge in [-0.3, -0.25) is 0 Å². The highest BCUT2D eigenvalue weighted by Crippen LogP contribution is 2.36. The average Bonchev–Trinajstić information content (AvgIpc) is 2.41. The fourth-order valence-electron chi connectivity index (χ4n) is 2.80. The fraction of sp³-hybridized carbons (Fsp3) is 0.706. The van der Waals surface area contributed by atoms with E-state index in [0.717, 1.165) is 42.8 Å². The number of hydrogen-bond acceptors (Lipinski definition) is 2. The molecule has 0 radical (unpaired) electrons. The van der Waals surface area contributed by atoms with Crippen molar-refractivity contribution in [1.29, 1.82) is 0 Å². The highest BCUT2D eigenvalue weighted by molar-refractivity contribution is 6.17. The van der Waals surface area contributed by atoms with Crippen LogP contribution in [0.15, 0.2) is 12.1 Å². The number of aryl methyl sites for hydroxylation is 1. The number of halogens is 1. The Kier molecular flexibility index (Phi) is 5.31. The molecule has 3 heteroatoms. The van der Waals surface area contributed by atoms with Crippen LogP contribution in [0.3, 0.4) is 0 Å². The first-order chi connectivity index (χ1) is 9.52. The Hall–Kier alpha value is -0.760. The van der Waals surface area contributed by atoms with Gasteiger partial charge in [0.05, 0.1) is 0 Å². The smallest absolute Gasteiger partial charge is 0.214 e. The lowest BCUT2D eigenvalue weighted by Crippen LogP contribution is -2.28. The molecule has 1 heterocycles. The van der Waals surface area contributed by atoms with Crippen LogP contribution >= 0.6 is 11.6 Å². The lowest BCUT2D eigenvalue weighted by molar-refractivity contribution is 0.0946. The van der Waals surface area contributed by atoms with Crippen LogP contribution in [0.5, 0.6) is 5.88 Å². The van der Waals surface area contributed by atoms with Crippen molar-refractivity contribution in [2.75, 3.05) is 0 Å². The molecule has 0 aliphatic heterocycles. The Morgan fingerprint density at radius 1 is 1.30 bits per heavy atom. The van der Waals surface area contributed by atoms with Crippen molar-refractivity contribution in [1.82, 2.24) is 4.98 Å². The summed E-state index contributed by atoms with van der Waals surface area (Å²) in [4.78, 5) is 4.62. The van der Waals surface area contributed by atoms with E-state index in [1.165, 1.54) is 12.8 Å². The van der Waals surface area contributed by atoms with E-state index in [9.17, 15) is 0 Å². The number of ether oxygens (including phenoxy) is 1. The van der Waals surface area contributed by atoms with E-state index in [-0.39, 0.29) is 0 Å². The molecular formula is C17H26ClNO. The second-order valence-electron chi connectivity index (χ2n) is 6.67. The summed E-state index contributed by atoms with van der Waals surface area (Å²) in [5.41, 5.74) is 2.67. The van der Waals surface area contributed by atoms with Gasteiger partial charge in [0.15, 0.2) is 0 Å². The summed E-state index contributed by atoms with van der Waals surface area (Å²) in [6, 6.07) is 4.08. The van der Waals surface area contributed by atoms with E-state index in [0.29, 0.717) is 17.4 Å². The van der Waals surface area contributed by atoms with Gasteiger partial charge in [-0.15, -0.1) is 11.6 Å². The first-order valence-corrected chi connectivity index (χ1v) is 8.28. The molecule has 0 bridgehead atoms. The molecule has 0 atom stereocenters. The minimum Gasteiger partial charge on any atom is -0.474 e. The van der Waals surface area contributed by atoms with Crippen molar-refractivity contribution >= 4 is 11.6 Å². The van der Waals surface area contributed by atoms with Crippen molar-refractivity contribution in [3.63, 3.8) is 0 Å². The van der Waals surface area contributed by atoms with Gasteiger partial charge in [-0.1, -0.05) is 27.2 Å². The summed E-state index contributed by atoms with van der Waals surface area (Å²) >= 11 is 5.97. The molecule has 2 nitrogen and oxygen atoms in total. The molecule has 1 fully saturated rings. The summed E-state index contributed by atoms with van der Waals surface area (Å²) in [5.74, 6) is 1.28. The van der Waals surface area contributed by atoms with Gasteiger partial charge < -0.3 is 4.74 Å². The number of hydrogen-bond donors (Lipinski definition) is 0. The van der Waals surface area contributed by atoms with Gasteiger partial charge >= 0.3 is 0 Å². The number of alkyl halides is 1. The third kappa shape index (κ3) is 4.37. The van der Waals surface area contributed by atoms with Gasteiger partial charge in [0.25, 0.3) is 0 Å². The molecule has 2 rings (SSSR count). The normalized spacial score (nSPS) is 19.0. The second-order valence-corrected chi connectivity index (χ2v) is 6.94. The number of rotatable bonds is 5. The summed E-state index contributed by atoms with van der Waals surface area (Å²) in [6.45, 7) is 6.85. The standard InChI is InChI=1S/C17H26ClNO/c1-4-5-14-10-13(12-18)11-16(19-14)20-15-6-8-17(2,3)9-7-15/h10-11,15H,4-9,12H2,1-3H3. The van der Waals surface area contributed by atoms with Crippen molar-refractivity contribution in [2.45, 2.75) is 71.3 Å². The van der Waals surface area contributed by atoms with Crippen LogP contribution in [0.4, 0.5) is 0 Å². The van der Waals surface area contributed by atoms with Gasteiger partial charge in [0.1, 0.15) is 6.10 Å². The summed E-state index contributed by atoms with van der Waals surface area (Å²) in [7, 11) is 0. The van der Waals surface area contributed by atoms with E-state index in [1.807, 2.05) is 6.07 Å². The van der Waals surface area contributed by atoms with Crippen LogP contribution in [-0.2, 0) is 12.3 Å². The van der Waals surface area contributed by atoms with Gasteiger partial charge in [0.2, 0.25) is 5.88 Å². The average molecular weight is 296 g/mol. The number of nitrogens with zero attached hydrogens (tertiary/aromatic N) is 1. The predicted octanol–water partition coefficient (Wildman–Crippen LogP) is 5.12. The molecule has 20 heavy (non-hydrogen) atoms. The molecule has 1 aliphatic carbocycles. The highest BCUT2D eigenvalue weighted by Gasteiger charge is 2.28. The molecule has 0 amide bonds. The molecular weight excluding hydrogens is 270 g/mol. The third-order valence-corrected chi connectivity index (χ3v) is 4.46. The third-order valence-electron chi connectivity index (χ3n) is 4.15. The maximum absolute atomic E-state index is 6.11. The van der Waals surface area contributed by atoms with Crippen LogP contribution in [0, 0.1) is 5.41 Å². The fourth-order valence-corrected chi connectivity index (χ4v) is 2.96. The Morgan fingerprint density at radius 2 is 2.00 bits per heavy atom. The monoisotopic (exact) mass is 295 g/mol. The van der Waals surface area contributed by atoms with Crippen LogP contribution in [-0.4, -0.2) is 11.1 Å². The minimum atomic E-state index is 0.315. The van der Waals surface area contributed by atoms with E-state index < -0.39 is 0 Å². The summed E-state index contributed by atoms with van der Waals surface area (Å²) in [5, 5.41) is 0. The predicted molar refractivity (Wildman–Crippen MR) is 84.5 cm³/mol. The lowest BCUT2D eigenvalue weighted by atomic mass is 9.76. The summed E-state index contributed by atoms with van der Waals surface area (Å²) < 4.78 is 6.11. The maximum Gasteiger partial charge on any atom is 0.214 e. The molecule has 0 unspecified atom stereocenters. The Labute approximate surface area is 127 Å². The zero-order chi connectivity index (χ0) is 14.6. The molecule has 1 aliphatic rings. The van der Waals surface area contributed by atoms with Gasteiger partial charge in [-0.05, 0) is 49.1 Å². The highest BCUT2D eigenvalue weighted by atomic mass is 35.5. The minimum absolute atomic E-state index is 0.315. The Bertz CT molecular complexity index is 435. The molecule has 0 N–H and O–H groups in total. The molecule has 112 valence electrons. The first kappa shape index (κ1) is 15.6. The largest absolute Gasteiger partial charge is 0.474 e. The molecule has 0 aromatic carbocycles. The Morgan fingerprint density at radius 3 is 2.60 bits per heavy atom. The van der Waals surface area contributed by atoms with Gasteiger partial charge in [-0.2, -0.15) is 0 Å². The van der Waals surface area contributed by atoms with E-state index in [2.05, 4.69) is 31.8 Å². The van der Waals surface area contributed by atoms with E-state index in [4.69, 9.17) is 16.3 Å². The zero-order valence-corrected chi connectivity index (χ0v) is 13.7. The van der Waals surface area contributed by atoms with Crippen LogP contribution in [0.2, 0.25) is 0 Å². The van der Waals surface area contributed by atoms with Crippen molar-refractivity contribution in [2.24, 2.45) is 5.41 Å². The van der Waals surface area contributed by atoms with Crippen molar-refractivity contribution in [3.05, 3.63) is 23.4 Å². The van der Waals surface area contributed by atoms with Crippen molar-refractivity contribution < 1.29 is 4.74 Å². The quantitative estimate of drug-likeness (QED) is 0.703. The Balaban J connectivity index is 2.03. The molecule has 0 spiro atoms. The maximum atomic E-state index is 6.11. The van der Waals surface area contributed by atoms with Crippen LogP contribution in [0.25, 0.3) is 0 Å². The lowest BCUT2D eigenvalue weighted by Gasteiger charge is -2.34. The topological polar surface area (TPSA) is 22.1 Å². The van der Waals surface area contributed by atoms with Crippen molar-refractivity contribution in [3.8, 4) is 5.88 Å². The zero-order valence-electron chi connectivity index (χ0n) is 12.9. The van der Waals surface area contributed by atoms with Gasteiger partial charge in [0, 0.05) is 17.6 Å². The second kappa shape index (κ2) is 6.80. The molecule has 1 saturated carbocycles. The molecule has 1 aromatic rings. The SMILES string of the molecule is CCCc1cc(CCl)cc(OC2CCC(C)(C)CC2)n1. The molecule has 1 aromatic heterocycles. The van der Waals surface area contributed by atoms with E-state index in [1.54, 1.807) is 0 Å². The number of pyridine rings is 1. The summed E-state index contributed by atoms with van der Waals surface area (Å²) in [6.07, 6.45) is 7.11. The first-order valence-electron chi connectivity index (χ1n) is 7.75.